The summed E-state index contributed by atoms with van der Waals surface area (Å²) in [5.41, 5.74) is 0. The normalized spacial score (nSPS) is 38.6. The third kappa shape index (κ3) is 3.16. The van der Waals surface area contributed by atoms with E-state index in [1.807, 2.05) is 0 Å². The van der Waals surface area contributed by atoms with Gasteiger partial charge in [0.1, 0.15) is 0 Å². The van der Waals surface area contributed by atoms with Crippen molar-refractivity contribution in [1.82, 2.24) is 5.32 Å². The van der Waals surface area contributed by atoms with Crippen LogP contribution in [0.2, 0.25) is 0 Å². The van der Waals surface area contributed by atoms with Crippen LogP contribution in [0.5, 0.6) is 0 Å². The number of rotatable bonds is 4. The molecule has 4 unspecified atom stereocenters. The lowest BCUT2D eigenvalue weighted by molar-refractivity contribution is 0.257. The molecule has 1 saturated carbocycles. The minimum Gasteiger partial charge on any atom is -0.316 e. The molecule has 4 atom stereocenters. The van der Waals surface area contributed by atoms with Crippen LogP contribution in [-0.4, -0.2) is 24.1 Å². The zero-order valence-electron chi connectivity index (χ0n) is 10.0. The van der Waals surface area contributed by atoms with Crippen LogP contribution in [0.4, 0.5) is 0 Å². The molecule has 1 nitrogen and oxygen atoms in total. The van der Waals surface area contributed by atoms with Crippen LogP contribution in [-0.2, 0) is 0 Å². The molecule has 0 bridgehead atoms. The predicted octanol–water partition coefficient (Wildman–Crippen LogP) is 3.15. The lowest BCUT2D eigenvalue weighted by atomic mass is 9.80. The van der Waals surface area contributed by atoms with Crippen LogP contribution in [0.1, 0.15) is 40.0 Å². The van der Waals surface area contributed by atoms with Crippen molar-refractivity contribution in [2.24, 2.45) is 11.8 Å². The maximum absolute atomic E-state index is 3.50. The van der Waals surface area contributed by atoms with Gasteiger partial charge in [0, 0.05) is 11.3 Å². The molecule has 84 valence electrons. The third-order valence-corrected chi connectivity index (χ3v) is 5.10. The molecule has 0 aromatic carbocycles. The summed E-state index contributed by atoms with van der Waals surface area (Å²) in [6.45, 7) is 7.09. The van der Waals surface area contributed by atoms with E-state index in [-0.39, 0.29) is 0 Å². The van der Waals surface area contributed by atoms with Crippen molar-refractivity contribution in [3.8, 4) is 0 Å². The number of nitrogens with one attached hydrogen (secondary N) is 1. The molecule has 2 heteroatoms. The number of hydrogen-bond donors (Lipinski definition) is 1. The van der Waals surface area contributed by atoms with Gasteiger partial charge in [0.25, 0.3) is 0 Å². The molecule has 0 spiro atoms. The molecule has 0 radical (unpaired) electrons. The van der Waals surface area contributed by atoms with Crippen molar-refractivity contribution < 1.29 is 0 Å². The molecule has 0 heterocycles. The maximum atomic E-state index is 3.50. The second-order valence-corrected chi connectivity index (χ2v) is 6.07. The van der Waals surface area contributed by atoms with Gasteiger partial charge in [0.2, 0.25) is 0 Å². The SMILES string of the molecule is CCCSC1C(C)CC(C)CC1NC. The van der Waals surface area contributed by atoms with Gasteiger partial charge in [-0.3, -0.25) is 0 Å². The second-order valence-electron chi connectivity index (χ2n) is 4.78. The number of hydrogen-bond acceptors (Lipinski definition) is 2. The highest BCUT2D eigenvalue weighted by atomic mass is 32.2. The fourth-order valence-corrected chi connectivity index (χ4v) is 4.07. The van der Waals surface area contributed by atoms with E-state index in [1.165, 1.54) is 25.0 Å². The molecule has 1 N–H and O–H groups in total. The van der Waals surface area contributed by atoms with Crippen molar-refractivity contribution in [3.63, 3.8) is 0 Å². The van der Waals surface area contributed by atoms with Gasteiger partial charge in [-0.05, 0) is 43.9 Å². The first-order valence-electron chi connectivity index (χ1n) is 5.97. The Morgan fingerprint density at radius 3 is 2.57 bits per heavy atom. The van der Waals surface area contributed by atoms with Gasteiger partial charge >= 0.3 is 0 Å². The fraction of sp³-hybridized carbons (Fsp3) is 1.00. The summed E-state index contributed by atoms with van der Waals surface area (Å²) >= 11 is 2.18. The van der Waals surface area contributed by atoms with Crippen molar-refractivity contribution in [3.05, 3.63) is 0 Å². The largest absolute Gasteiger partial charge is 0.316 e. The van der Waals surface area contributed by atoms with Crippen LogP contribution >= 0.6 is 11.8 Å². The highest BCUT2D eigenvalue weighted by molar-refractivity contribution is 7.99. The Kier molecular flexibility index (Phi) is 5.32. The van der Waals surface area contributed by atoms with E-state index in [0.717, 1.165) is 23.1 Å². The van der Waals surface area contributed by atoms with E-state index in [0.29, 0.717) is 0 Å². The first-order valence-corrected chi connectivity index (χ1v) is 7.02. The molecule has 14 heavy (non-hydrogen) atoms. The summed E-state index contributed by atoms with van der Waals surface area (Å²) in [4.78, 5) is 0. The van der Waals surface area contributed by atoms with Crippen molar-refractivity contribution in [1.29, 1.82) is 0 Å². The maximum Gasteiger partial charge on any atom is 0.0226 e. The van der Waals surface area contributed by atoms with Crippen LogP contribution < -0.4 is 5.32 Å². The van der Waals surface area contributed by atoms with Crippen molar-refractivity contribution >= 4 is 11.8 Å². The quantitative estimate of drug-likeness (QED) is 0.773. The average molecular weight is 215 g/mol. The summed E-state index contributed by atoms with van der Waals surface area (Å²) in [7, 11) is 2.12. The van der Waals surface area contributed by atoms with Gasteiger partial charge < -0.3 is 5.32 Å². The summed E-state index contributed by atoms with van der Waals surface area (Å²) in [5, 5.41) is 4.35. The van der Waals surface area contributed by atoms with Gasteiger partial charge in [0.15, 0.2) is 0 Å². The van der Waals surface area contributed by atoms with Gasteiger partial charge in [-0.25, -0.2) is 0 Å². The van der Waals surface area contributed by atoms with Crippen molar-refractivity contribution in [2.75, 3.05) is 12.8 Å². The molecule has 0 aromatic rings. The van der Waals surface area contributed by atoms with Gasteiger partial charge in [-0.2, -0.15) is 11.8 Å². The molecule has 1 aliphatic carbocycles. The molecule has 1 fully saturated rings. The molecule has 0 saturated heterocycles. The van der Waals surface area contributed by atoms with E-state index in [4.69, 9.17) is 0 Å². The molecule has 0 aromatic heterocycles. The molecule has 0 amide bonds. The fourth-order valence-electron chi connectivity index (χ4n) is 2.65. The highest BCUT2D eigenvalue weighted by Crippen LogP contribution is 2.36. The smallest absolute Gasteiger partial charge is 0.0226 e. The Morgan fingerprint density at radius 2 is 2.00 bits per heavy atom. The molecule has 1 rings (SSSR count). The Morgan fingerprint density at radius 1 is 1.29 bits per heavy atom. The van der Waals surface area contributed by atoms with E-state index < -0.39 is 0 Å². The standard InChI is InChI=1S/C12H25NS/c1-5-6-14-12-10(3)7-9(2)8-11(12)13-4/h9-13H,5-8H2,1-4H3. The van der Waals surface area contributed by atoms with E-state index >= 15 is 0 Å². The monoisotopic (exact) mass is 215 g/mol. The van der Waals surface area contributed by atoms with Gasteiger partial charge in [-0.1, -0.05) is 20.8 Å². The van der Waals surface area contributed by atoms with Crippen LogP contribution in [0, 0.1) is 11.8 Å². The Labute approximate surface area is 93.4 Å². The first kappa shape index (κ1) is 12.4. The van der Waals surface area contributed by atoms with E-state index in [1.54, 1.807) is 0 Å². The lowest BCUT2D eigenvalue weighted by Crippen LogP contribution is -2.45. The van der Waals surface area contributed by atoms with E-state index in [9.17, 15) is 0 Å². The summed E-state index contributed by atoms with van der Waals surface area (Å²) in [6, 6.07) is 0.741. The Bertz CT molecular complexity index is 160. The zero-order chi connectivity index (χ0) is 10.6. The average Bonchev–Trinajstić information content (AvgIpc) is 2.15. The van der Waals surface area contributed by atoms with Crippen LogP contribution in [0.3, 0.4) is 0 Å². The third-order valence-electron chi connectivity index (χ3n) is 3.27. The second kappa shape index (κ2) is 6.02. The predicted molar refractivity (Wildman–Crippen MR) is 66.9 cm³/mol. The minimum atomic E-state index is 0.741. The topological polar surface area (TPSA) is 12.0 Å². The minimum absolute atomic E-state index is 0.741. The van der Waals surface area contributed by atoms with Gasteiger partial charge in [-0.15, -0.1) is 0 Å². The van der Waals surface area contributed by atoms with Gasteiger partial charge in [0.05, 0.1) is 0 Å². The zero-order valence-corrected chi connectivity index (χ0v) is 10.9. The summed E-state index contributed by atoms with van der Waals surface area (Å²) < 4.78 is 0. The highest BCUT2D eigenvalue weighted by Gasteiger charge is 2.32. The lowest BCUT2D eigenvalue weighted by Gasteiger charge is -2.39. The number of thioether (sulfide) groups is 1. The van der Waals surface area contributed by atoms with Crippen molar-refractivity contribution in [2.45, 2.75) is 51.3 Å². The first-order chi connectivity index (χ1) is 6.69. The van der Waals surface area contributed by atoms with E-state index in [2.05, 4.69) is 44.9 Å². The van der Waals surface area contributed by atoms with Crippen LogP contribution in [0.25, 0.3) is 0 Å². The Hall–Kier alpha value is 0.310. The molecular weight excluding hydrogens is 190 g/mol. The molecule has 0 aliphatic heterocycles. The van der Waals surface area contributed by atoms with Crippen LogP contribution in [0.15, 0.2) is 0 Å². The summed E-state index contributed by atoms with van der Waals surface area (Å²) in [5.74, 6) is 3.11. The molecular formula is C12H25NS. The summed E-state index contributed by atoms with van der Waals surface area (Å²) in [6.07, 6.45) is 4.08. The Balaban J connectivity index is 2.49. The molecule has 1 aliphatic rings.